The topological polar surface area (TPSA) is 39.2 Å². The summed E-state index contributed by atoms with van der Waals surface area (Å²) in [6.45, 7) is 0. The predicted octanol–water partition coefficient (Wildman–Crippen LogP) is 4.37. The first-order valence-electron chi connectivity index (χ1n) is 6.30. The molecule has 2 N–H and O–H groups in total. The molecule has 2 unspecified atom stereocenters. The molecule has 96 valence electrons. The number of nitrogens with two attached hydrogens (primary N) is 1. The fraction of sp³-hybridized carbons (Fsp3) is 0.429. The highest BCUT2D eigenvalue weighted by Crippen LogP contribution is 2.35. The van der Waals surface area contributed by atoms with E-state index in [1.807, 2.05) is 36.0 Å². The average Bonchev–Trinajstić information content (AvgIpc) is 2.81. The van der Waals surface area contributed by atoms with Crippen molar-refractivity contribution in [1.82, 2.24) is 0 Å². The third-order valence-electron chi connectivity index (χ3n) is 3.44. The molecule has 2 nitrogen and oxygen atoms in total. The molecular weight excluding hydrogens is 266 g/mol. The van der Waals surface area contributed by atoms with Crippen molar-refractivity contribution in [2.75, 3.05) is 5.75 Å². The summed E-state index contributed by atoms with van der Waals surface area (Å²) in [4.78, 5) is 0. The van der Waals surface area contributed by atoms with Gasteiger partial charge in [-0.25, -0.2) is 0 Å². The Balaban J connectivity index is 1.88. The average molecular weight is 282 g/mol. The van der Waals surface area contributed by atoms with Crippen LogP contribution in [0.15, 0.2) is 28.7 Å². The normalized spacial score (nSPS) is 22.2. The van der Waals surface area contributed by atoms with Crippen molar-refractivity contribution in [2.45, 2.75) is 30.6 Å². The van der Waals surface area contributed by atoms with Crippen molar-refractivity contribution in [3.63, 3.8) is 0 Å². The first-order chi connectivity index (χ1) is 8.74. The smallest absolute Gasteiger partial charge is 0.134 e. The standard InChI is InChI=1S/C14H16ClNOS/c15-10-4-5-11-9(7-10)8-12(17-11)14(16)13-3-1-2-6-18-13/h4-5,7-8,13-14H,1-3,6,16H2. The van der Waals surface area contributed by atoms with Crippen LogP contribution in [0.5, 0.6) is 0 Å². The van der Waals surface area contributed by atoms with Gasteiger partial charge >= 0.3 is 0 Å². The van der Waals surface area contributed by atoms with Gasteiger partial charge in [0.2, 0.25) is 0 Å². The van der Waals surface area contributed by atoms with Crippen LogP contribution in [-0.2, 0) is 0 Å². The lowest BCUT2D eigenvalue weighted by atomic mass is 10.1. The van der Waals surface area contributed by atoms with Gasteiger partial charge in [-0.05, 0) is 42.9 Å². The summed E-state index contributed by atoms with van der Waals surface area (Å²) < 4.78 is 5.84. The molecule has 2 atom stereocenters. The number of benzene rings is 1. The minimum absolute atomic E-state index is 0.0125. The van der Waals surface area contributed by atoms with E-state index in [0.717, 1.165) is 21.8 Å². The van der Waals surface area contributed by atoms with E-state index in [4.69, 9.17) is 21.8 Å². The van der Waals surface area contributed by atoms with Crippen LogP contribution >= 0.6 is 23.4 Å². The maximum absolute atomic E-state index is 6.32. The Morgan fingerprint density at radius 3 is 3.00 bits per heavy atom. The molecule has 1 aromatic carbocycles. The monoisotopic (exact) mass is 281 g/mol. The molecular formula is C14H16ClNOS. The number of thioether (sulfide) groups is 1. The second-order valence-corrected chi connectivity index (χ2v) is 6.55. The van der Waals surface area contributed by atoms with Crippen LogP contribution in [0, 0.1) is 0 Å². The van der Waals surface area contributed by atoms with Crippen molar-refractivity contribution in [3.05, 3.63) is 35.0 Å². The lowest BCUT2D eigenvalue weighted by molar-refractivity contribution is 0.467. The van der Waals surface area contributed by atoms with E-state index < -0.39 is 0 Å². The van der Waals surface area contributed by atoms with E-state index in [9.17, 15) is 0 Å². The molecule has 1 saturated heterocycles. The third-order valence-corrected chi connectivity index (χ3v) is 5.16. The van der Waals surface area contributed by atoms with Crippen molar-refractivity contribution in [1.29, 1.82) is 0 Å². The second-order valence-electron chi connectivity index (χ2n) is 4.76. The van der Waals surface area contributed by atoms with Crippen LogP contribution < -0.4 is 5.73 Å². The predicted molar refractivity (Wildman–Crippen MR) is 78.2 cm³/mol. The molecule has 1 fully saturated rings. The van der Waals surface area contributed by atoms with Crippen LogP contribution in [0.1, 0.15) is 31.1 Å². The van der Waals surface area contributed by atoms with Crippen molar-refractivity contribution in [2.24, 2.45) is 5.73 Å². The number of halogens is 1. The molecule has 0 aliphatic carbocycles. The van der Waals surface area contributed by atoms with Crippen molar-refractivity contribution < 1.29 is 4.42 Å². The number of furan rings is 1. The zero-order valence-electron chi connectivity index (χ0n) is 10.1. The van der Waals surface area contributed by atoms with Crippen molar-refractivity contribution in [3.8, 4) is 0 Å². The van der Waals surface area contributed by atoms with Gasteiger partial charge in [0.1, 0.15) is 11.3 Å². The molecule has 0 spiro atoms. The fourth-order valence-electron chi connectivity index (χ4n) is 2.43. The van der Waals surface area contributed by atoms with Crippen LogP contribution in [-0.4, -0.2) is 11.0 Å². The Morgan fingerprint density at radius 1 is 1.33 bits per heavy atom. The Labute approximate surface area is 116 Å². The van der Waals surface area contributed by atoms with E-state index in [1.165, 1.54) is 25.0 Å². The Morgan fingerprint density at radius 2 is 2.22 bits per heavy atom. The van der Waals surface area contributed by atoms with Gasteiger partial charge in [-0.2, -0.15) is 11.8 Å². The molecule has 0 saturated carbocycles. The summed E-state index contributed by atoms with van der Waals surface area (Å²) in [5.74, 6) is 2.09. The Kier molecular flexibility index (Phi) is 3.55. The van der Waals surface area contributed by atoms with Gasteiger partial charge in [-0.1, -0.05) is 18.0 Å². The molecule has 1 aromatic heterocycles. The molecule has 0 bridgehead atoms. The Bertz CT molecular complexity index is 548. The van der Waals surface area contributed by atoms with Gasteiger partial charge in [0.25, 0.3) is 0 Å². The third kappa shape index (κ3) is 2.40. The molecule has 18 heavy (non-hydrogen) atoms. The first kappa shape index (κ1) is 12.4. The van der Waals surface area contributed by atoms with Gasteiger partial charge in [-0.15, -0.1) is 0 Å². The highest BCUT2D eigenvalue weighted by atomic mass is 35.5. The molecule has 2 aromatic rings. The van der Waals surface area contributed by atoms with E-state index >= 15 is 0 Å². The molecule has 1 aliphatic heterocycles. The van der Waals surface area contributed by atoms with E-state index in [2.05, 4.69) is 0 Å². The first-order valence-corrected chi connectivity index (χ1v) is 7.73. The summed E-state index contributed by atoms with van der Waals surface area (Å²) in [6, 6.07) is 7.69. The molecule has 0 radical (unpaired) electrons. The summed E-state index contributed by atoms with van der Waals surface area (Å²) in [5.41, 5.74) is 7.19. The van der Waals surface area contributed by atoms with Gasteiger partial charge in [0, 0.05) is 15.7 Å². The minimum Gasteiger partial charge on any atom is -0.459 e. The fourth-order valence-corrected chi connectivity index (χ4v) is 3.96. The number of rotatable bonds is 2. The summed E-state index contributed by atoms with van der Waals surface area (Å²) in [5, 5.41) is 2.25. The maximum Gasteiger partial charge on any atom is 0.134 e. The SMILES string of the molecule is NC(c1cc2cc(Cl)ccc2o1)C1CCCCS1. The highest BCUT2D eigenvalue weighted by molar-refractivity contribution is 8.00. The second kappa shape index (κ2) is 5.16. The Hall–Kier alpha value is -0.640. The lowest BCUT2D eigenvalue weighted by Crippen LogP contribution is -2.25. The molecule has 4 heteroatoms. The number of hydrogen-bond acceptors (Lipinski definition) is 3. The van der Waals surface area contributed by atoms with E-state index in [-0.39, 0.29) is 6.04 Å². The minimum atomic E-state index is -0.0125. The van der Waals surface area contributed by atoms with Crippen molar-refractivity contribution >= 4 is 34.3 Å². The van der Waals surface area contributed by atoms with Gasteiger partial charge in [0.15, 0.2) is 0 Å². The quantitative estimate of drug-likeness (QED) is 0.888. The molecule has 1 aliphatic rings. The zero-order chi connectivity index (χ0) is 12.5. The van der Waals surface area contributed by atoms with E-state index in [1.54, 1.807) is 0 Å². The van der Waals surface area contributed by atoms with Crippen LogP contribution in [0.4, 0.5) is 0 Å². The molecule has 0 amide bonds. The van der Waals surface area contributed by atoms with Gasteiger partial charge in [0.05, 0.1) is 6.04 Å². The zero-order valence-corrected chi connectivity index (χ0v) is 11.6. The number of hydrogen-bond donors (Lipinski definition) is 1. The molecule has 2 heterocycles. The maximum atomic E-state index is 6.32. The van der Waals surface area contributed by atoms with Gasteiger partial charge < -0.3 is 10.2 Å². The van der Waals surface area contributed by atoms with E-state index in [0.29, 0.717) is 5.25 Å². The van der Waals surface area contributed by atoms with Crippen LogP contribution in [0.2, 0.25) is 5.02 Å². The summed E-state index contributed by atoms with van der Waals surface area (Å²) in [6.07, 6.45) is 3.77. The van der Waals surface area contributed by atoms with Crippen LogP contribution in [0.25, 0.3) is 11.0 Å². The largest absolute Gasteiger partial charge is 0.459 e. The molecule has 3 rings (SSSR count). The lowest BCUT2D eigenvalue weighted by Gasteiger charge is -2.25. The summed E-state index contributed by atoms with van der Waals surface area (Å²) >= 11 is 7.95. The van der Waals surface area contributed by atoms with Crippen LogP contribution in [0.3, 0.4) is 0 Å². The highest BCUT2D eigenvalue weighted by Gasteiger charge is 2.25. The summed E-state index contributed by atoms with van der Waals surface area (Å²) in [7, 11) is 0. The van der Waals surface area contributed by atoms with Gasteiger partial charge in [-0.3, -0.25) is 0 Å². The number of fused-ring (bicyclic) bond motifs is 1.